The lowest BCUT2D eigenvalue weighted by Crippen LogP contribution is -2.71. The molecule has 2 saturated heterocycles. The number of cyclic esters (lactones) is 1. The smallest absolute Gasteiger partial charge is 0.331 e. The number of fused-ring (bicyclic) bond motifs is 5. The van der Waals surface area contributed by atoms with E-state index in [-0.39, 0.29) is 49.6 Å². The van der Waals surface area contributed by atoms with Gasteiger partial charge in [-0.15, -0.1) is 0 Å². The maximum atomic E-state index is 13.8. The highest BCUT2D eigenvalue weighted by molar-refractivity contribution is 5.85. The predicted molar refractivity (Wildman–Crippen MR) is 166 cm³/mol. The first-order chi connectivity index (χ1) is 23.1. The number of ether oxygens (including phenoxy) is 5. The minimum absolute atomic E-state index is 0.0393. The highest BCUT2D eigenvalue weighted by atomic mass is 16.7. The van der Waals surface area contributed by atoms with E-state index in [1.54, 1.807) is 19.9 Å². The number of aliphatic hydroxyl groups excluding tert-OH is 6. The maximum Gasteiger partial charge on any atom is 0.331 e. The van der Waals surface area contributed by atoms with Crippen LogP contribution in [0.25, 0.3) is 0 Å². The van der Waals surface area contributed by atoms with Crippen LogP contribution in [0.3, 0.4) is 0 Å². The summed E-state index contributed by atoms with van der Waals surface area (Å²) < 4.78 is 29.9. The molecule has 0 bridgehead atoms. The molecule has 7 aliphatic rings. The fraction of sp³-hybridized carbons (Fsp3) is 0.886. The molecule has 7 rings (SSSR count). The summed E-state index contributed by atoms with van der Waals surface area (Å²) in [6.45, 7) is 5.42. The Labute approximate surface area is 285 Å². The first-order valence-corrected chi connectivity index (χ1v) is 17.9. The van der Waals surface area contributed by atoms with Gasteiger partial charge in [0.15, 0.2) is 12.6 Å². The SMILES string of the molecule is C[C@@H]1O[C@@H](O[C@@H]2CC[C@]3(C=O)[C@@H]4CC[C@]5(C)[C@H](C6=CC(=O)OC6)CC[C@]5(O)[C@H]4CC[C@]3(O[C@H]3O[C@H](C)[C@@H](O)[C@H](O)[C@@H]3O)C2)[C@H](O)[C@H](O)[C@H]1O. The van der Waals surface area contributed by atoms with Crippen LogP contribution in [0.2, 0.25) is 0 Å². The molecule has 18 atom stereocenters. The Bertz CT molecular complexity index is 1330. The molecular weight excluding hydrogens is 644 g/mol. The molecule has 0 aromatic carbocycles. The number of esters is 1. The molecule has 3 aliphatic heterocycles. The van der Waals surface area contributed by atoms with Crippen molar-refractivity contribution in [2.75, 3.05) is 6.61 Å². The molecule has 14 heteroatoms. The zero-order chi connectivity index (χ0) is 35.3. The minimum atomic E-state index is -1.62. The number of aliphatic hydroxyl groups is 7. The monoisotopic (exact) mass is 696 g/mol. The van der Waals surface area contributed by atoms with Gasteiger partial charge < -0.3 is 64.2 Å². The molecule has 7 N–H and O–H groups in total. The fourth-order valence-corrected chi connectivity index (χ4v) is 11.3. The Morgan fingerprint density at radius 3 is 2.06 bits per heavy atom. The lowest BCUT2D eigenvalue weighted by molar-refractivity contribution is -0.364. The molecule has 0 radical (unpaired) electrons. The van der Waals surface area contributed by atoms with Gasteiger partial charge in [0.2, 0.25) is 0 Å². The second-order valence-electron chi connectivity index (χ2n) is 16.2. The van der Waals surface area contributed by atoms with E-state index in [0.29, 0.717) is 38.5 Å². The topological polar surface area (TPSA) is 222 Å². The summed E-state index contributed by atoms with van der Waals surface area (Å²) in [5.74, 6) is -1.01. The molecule has 3 heterocycles. The van der Waals surface area contributed by atoms with Crippen LogP contribution in [0.5, 0.6) is 0 Å². The summed E-state index contributed by atoms with van der Waals surface area (Å²) in [6, 6.07) is 0. The van der Waals surface area contributed by atoms with E-state index in [1.165, 1.54) is 0 Å². The van der Waals surface area contributed by atoms with Gasteiger partial charge in [-0.1, -0.05) is 6.92 Å². The van der Waals surface area contributed by atoms with E-state index < -0.39 is 89.5 Å². The molecule has 14 nitrogen and oxygen atoms in total. The van der Waals surface area contributed by atoms with Crippen LogP contribution in [0.1, 0.15) is 78.6 Å². The van der Waals surface area contributed by atoms with E-state index in [9.17, 15) is 45.3 Å². The fourth-order valence-electron chi connectivity index (χ4n) is 11.3. The van der Waals surface area contributed by atoms with E-state index >= 15 is 0 Å². The summed E-state index contributed by atoms with van der Waals surface area (Å²) in [5, 5.41) is 76.2. The molecule has 0 aromatic heterocycles. The second kappa shape index (κ2) is 12.5. The lowest BCUT2D eigenvalue weighted by Gasteiger charge is -2.66. The standard InChI is InChI=1S/C35H52O14/c1-16-24(38)26(40)28(42)30(46-16)48-19-4-9-33(15-36)21-5-8-32(3)20(18-12-23(37)45-14-18)7-11-35(32,44)22(21)6-10-34(33,13-19)49-31-29(43)27(41)25(39)17(2)47-31/h12,15-17,19-22,24-31,38-44H,4-11,13-14H2,1-3H3/t16-,17+,19+,20-,21+,22-,24-,25+,26+,27-,28+,29-,30-,31+,32+,33-,34-,35-/m0/s1. The van der Waals surface area contributed by atoms with E-state index in [2.05, 4.69) is 6.92 Å². The third-order valence-electron chi connectivity index (χ3n) is 14.1. The van der Waals surface area contributed by atoms with Crippen LogP contribution < -0.4 is 0 Å². The van der Waals surface area contributed by atoms with Crippen molar-refractivity contribution in [3.63, 3.8) is 0 Å². The molecule has 0 amide bonds. The van der Waals surface area contributed by atoms with Crippen LogP contribution in [-0.4, -0.2) is 133 Å². The molecule has 4 aliphatic carbocycles. The summed E-state index contributed by atoms with van der Waals surface area (Å²) >= 11 is 0. The van der Waals surface area contributed by atoms with Crippen molar-refractivity contribution >= 4 is 12.3 Å². The zero-order valence-electron chi connectivity index (χ0n) is 28.3. The van der Waals surface area contributed by atoms with Crippen LogP contribution >= 0.6 is 0 Å². The normalized spacial score (nSPS) is 55.9. The first-order valence-electron chi connectivity index (χ1n) is 17.9. The van der Waals surface area contributed by atoms with Crippen LogP contribution in [-0.2, 0) is 33.3 Å². The van der Waals surface area contributed by atoms with E-state index in [4.69, 9.17) is 23.7 Å². The molecule has 49 heavy (non-hydrogen) atoms. The molecule has 0 aromatic rings. The third kappa shape index (κ3) is 5.23. The quantitative estimate of drug-likeness (QED) is 0.107. The Morgan fingerprint density at radius 1 is 0.796 bits per heavy atom. The van der Waals surface area contributed by atoms with Gasteiger partial charge in [0.05, 0.1) is 34.9 Å². The molecule has 4 saturated carbocycles. The molecular formula is C35H52O14. The summed E-state index contributed by atoms with van der Waals surface area (Å²) in [7, 11) is 0. The molecule has 6 fully saturated rings. The van der Waals surface area contributed by atoms with Crippen molar-refractivity contribution in [1.29, 1.82) is 0 Å². The van der Waals surface area contributed by atoms with Crippen molar-refractivity contribution in [2.24, 2.45) is 28.6 Å². The van der Waals surface area contributed by atoms with Gasteiger partial charge in [0.25, 0.3) is 0 Å². The third-order valence-corrected chi connectivity index (χ3v) is 14.1. The van der Waals surface area contributed by atoms with Crippen LogP contribution in [0, 0.1) is 28.6 Å². The molecule has 0 spiro atoms. The van der Waals surface area contributed by atoms with Crippen molar-refractivity contribution in [3.8, 4) is 0 Å². The number of hydrogen-bond donors (Lipinski definition) is 7. The Morgan fingerprint density at radius 2 is 1.43 bits per heavy atom. The van der Waals surface area contributed by atoms with E-state index in [1.807, 2.05) is 0 Å². The van der Waals surface area contributed by atoms with E-state index in [0.717, 1.165) is 11.9 Å². The van der Waals surface area contributed by atoms with Gasteiger partial charge in [-0.2, -0.15) is 0 Å². The average Bonchev–Trinajstić information content (AvgIpc) is 3.62. The van der Waals surface area contributed by atoms with Gasteiger partial charge in [-0.3, -0.25) is 0 Å². The van der Waals surface area contributed by atoms with Crippen molar-refractivity contribution in [1.82, 2.24) is 0 Å². The molecule has 0 unspecified atom stereocenters. The number of aldehydes is 1. The summed E-state index contributed by atoms with van der Waals surface area (Å²) in [4.78, 5) is 25.7. The van der Waals surface area contributed by atoms with Gasteiger partial charge in [-0.05, 0) is 88.5 Å². The van der Waals surface area contributed by atoms with Crippen molar-refractivity contribution in [2.45, 2.75) is 157 Å². The highest BCUT2D eigenvalue weighted by Crippen LogP contribution is 2.71. The van der Waals surface area contributed by atoms with Crippen molar-refractivity contribution in [3.05, 3.63) is 11.6 Å². The maximum absolute atomic E-state index is 13.8. The van der Waals surface area contributed by atoms with Gasteiger partial charge in [0, 0.05) is 17.9 Å². The number of carbonyl (C=O) groups excluding carboxylic acids is 2. The Hall–Kier alpha value is -1.56. The van der Waals surface area contributed by atoms with Gasteiger partial charge in [-0.25, -0.2) is 4.79 Å². The molecule has 276 valence electrons. The van der Waals surface area contributed by atoms with Crippen molar-refractivity contribution < 1.29 is 69.0 Å². The number of rotatable bonds is 6. The largest absolute Gasteiger partial charge is 0.458 e. The highest BCUT2D eigenvalue weighted by Gasteiger charge is 2.73. The summed E-state index contributed by atoms with van der Waals surface area (Å²) in [5.41, 5.74) is -3.26. The average molecular weight is 697 g/mol. The Balaban J connectivity index is 1.22. The first kappa shape index (κ1) is 35.8. The number of carbonyl (C=O) groups is 2. The zero-order valence-corrected chi connectivity index (χ0v) is 28.3. The second-order valence-corrected chi connectivity index (χ2v) is 16.2. The van der Waals surface area contributed by atoms with Crippen LogP contribution in [0.15, 0.2) is 11.6 Å². The minimum Gasteiger partial charge on any atom is -0.458 e. The Kier molecular flexibility index (Phi) is 9.17. The van der Waals surface area contributed by atoms with Gasteiger partial charge >= 0.3 is 5.97 Å². The predicted octanol–water partition coefficient (Wildman–Crippen LogP) is -0.398. The lowest BCUT2D eigenvalue weighted by atomic mass is 9.41. The van der Waals surface area contributed by atoms with Crippen LogP contribution in [0.4, 0.5) is 0 Å². The number of hydrogen-bond acceptors (Lipinski definition) is 14. The summed E-state index contributed by atoms with van der Waals surface area (Å²) in [6.07, 6.45) is -7.55. The van der Waals surface area contributed by atoms with Gasteiger partial charge in [0.1, 0.15) is 49.5 Å².